The number of hydrogen-bond acceptors (Lipinski definition) is 6. The van der Waals surface area contributed by atoms with Crippen LogP contribution < -0.4 is 9.47 Å². The fourth-order valence-corrected chi connectivity index (χ4v) is 6.23. The molecule has 3 aromatic rings. The summed E-state index contributed by atoms with van der Waals surface area (Å²) < 4.78 is 27.1. The summed E-state index contributed by atoms with van der Waals surface area (Å²) in [6.07, 6.45) is -0.422. The molecule has 0 amide bonds. The smallest absolute Gasteiger partial charge is 0.182 e. The van der Waals surface area contributed by atoms with Gasteiger partial charge in [0, 0.05) is 19.1 Å². The number of fused-ring (bicyclic) bond motifs is 1. The zero-order valence-electron chi connectivity index (χ0n) is 20.7. The van der Waals surface area contributed by atoms with E-state index in [0.29, 0.717) is 30.2 Å². The number of ether oxygens (including phenoxy) is 2. The molecule has 1 fully saturated rings. The Bertz CT molecular complexity index is 1210. The maximum Gasteiger partial charge on any atom is 0.182 e. The number of thioether (sulfide) groups is 1. The third-order valence-electron chi connectivity index (χ3n) is 7.35. The third kappa shape index (κ3) is 5.00. The van der Waals surface area contributed by atoms with Crippen molar-refractivity contribution in [1.29, 1.82) is 0 Å². The molecule has 2 aliphatic heterocycles. The van der Waals surface area contributed by atoms with Crippen LogP contribution in [0.5, 0.6) is 23.0 Å². The molecule has 0 aromatic heterocycles. The first-order valence-corrected chi connectivity index (χ1v) is 13.3. The Labute approximate surface area is 215 Å². The maximum absolute atomic E-state index is 14.7. The topological polar surface area (TPSA) is 62.2 Å². The lowest BCUT2D eigenvalue weighted by molar-refractivity contribution is 0.166. The van der Waals surface area contributed by atoms with Crippen molar-refractivity contribution in [3.63, 3.8) is 0 Å². The van der Waals surface area contributed by atoms with Gasteiger partial charge in [-0.1, -0.05) is 38.1 Å². The van der Waals surface area contributed by atoms with Crippen molar-refractivity contribution < 1.29 is 24.1 Å². The van der Waals surface area contributed by atoms with Gasteiger partial charge in [-0.25, -0.2) is 4.39 Å². The van der Waals surface area contributed by atoms with Gasteiger partial charge in [0.25, 0.3) is 0 Å². The van der Waals surface area contributed by atoms with E-state index in [-0.39, 0.29) is 15.9 Å². The number of rotatable bonds is 6. The van der Waals surface area contributed by atoms with E-state index < -0.39 is 17.7 Å². The van der Waals surface area contributed by atoms with Crippen molar-refractivity contribution in [3.8, 4) is 23.0 Å². The average Bonchev–Trinajstić information content (AvgIpc) is 3.22. The lowest BCUT2D eigenvalue weighted by Crippen LogP contribution is -2.35. The Morgan fingerprint density at radius 3 is 2.44 bits per heavy atom. The maximum atomic E-state index is 14.7. The zero-order valence-corrected chi connectivity index (χ0v) is 21.5. The number of phenols is 2. The van der Waals surface area contributed by atoms with Crippen LogP contribution in [0.25, 0.3) is 0 Å². The predicted molar refractivity (Wildman–Crippen MR) is 139 cm³/mol. The van der Waals surface area contributed by atoms with Crippen LogP contribution in [0, 0.1) is 17.7 Å². The van der Waals surface area contributed by atoms with Gasteiger partial charge in [0.15, 0.2) is 11.6 Å². The summed E-state index contributed by atoms with van der Waals surface area (Å²) in [7, 11) is 0. The van der Waals surface area contributed by atoms with Gasteiger partial charge >= 0.3 is 0 Å². The molecule has 3 aromatic carbocycles. The van der Waals surface area contributed by atoms with E-state index in [1.54, 1.807) is 24.3 Å². The quantitative estimate of drug-likeness (QED) is 0.392. The zero-order chi connectivity index (χ0) is 25.4. The molecule has 0 unspecified atom stereocenters. The van der Waals surface area contributed by atoms with Crippen molar-refractivity contribution in [1.82, 2.24) is 4.90 Å². The Hall–Kier alpha value is -2.90. The number of likely N-dealkylation sites (tertiary alicyclic amines) is 1. The van der Waals surface area contributed by atoms with Gasteiger partial charge in [-0.3, -0.25) is 4.90 Å². The molecule has 2 aliphatic rings. The first kappa shape index (κ1) is 24.8. The molecule has 0 spiro atoms. The average molecular weight is 510 g/mol. The van der Waals surface area contributed by atoms with Gasteiger partial charge in [-0.15, -0.1) is 11.8 Å². The van der Waals surface area contributed by atoms with Crippen molar-refractivity contribution in [2.75, 3.05) is 19.7 Å². The summed E-state index contributed by atoms with van der Waals surface area (Å²) in [6.45, 7) is 9.66. The summed E-state index contributed by atoms with van der Waals surface area (Å²) in [5.74, 6) is 1.63. The van der Waals surface area contributed by atoms with E-state index in [0.717, 1.165) is 30.0 Å². The molecule has 0 aliphatic carbocycles. The second kappa shape index (κ2) is 10.2. The highest BCUT2D eigenvalue weighted by Gasteiger charge is 2.36. The monoisotopic (exact) mass is 509 g/mol. The Kier molecular flexibility index (Phi) is 7.04. The van der Waals surface area contributed by atoms with Crippen LogP contribution in [-0.2, 0) is 0 Å². The first-order valence-electron chi connectivity index (χ1n) is 12.4. The van der Waals surface area contributed by atoms with Gasteiger partial charge in [0.1, 0.15) is 30.0 Å². The summed E-state index contributed by atoms with van der Waals surface area (Å²) in [4.78, 5) is 2.75. The number of aromatic hydroxyl groups is 2. The number of nitrogens with zero attached hydrogens (tertiary/aromatic N) is 1. The second-order valence-electron chi connectivity index (χ2n) is 10.0. The van der Waals surface area contributed by atoms with E-state index >= 15 is 0 Å². The van der Waals surface area contributed by atoms with E-state index in [2.05, 4.69) is 25.7 Å². The lowest BCUT2D eigenvalue weighted by atomic mass is 9.99. The summed E-state index contributed by atoms with van der Waals surface area (Å²) >= 11 is 1.29. The van der Waals surface area contributed by atoms with Gasteiger partial charge in [0.2, 0.25) is 0 Å². The molecule has 1 saturated heterocycles. The molecule has 0 saturated carbocycles. The minimum atomic E-state index is -0.694. The van der Waals surface area contributed by atoms with Crippen LogP contribution >= 0.6 is 11.8 Å². The highest BCUT2D eigenvalue weighted by Crippen LogP contribution is 2.55. The second-order valence-corrected chi connectivity index (χ2v) is 11.2. The predicted octanol–water partition coefficient (Wildman–Crippen LogP) is 6.56. The third-order valence-corrected chi connectivity index (χ3v) is 8.74. The van der Waals surface area contributed by atoms with Crippen molar-refractivity contribution in [2.45, 2.75) is 43.1 Å². The van der Waals surface area contributed by atoms with Gasteiger partial charge < -0.3 is 19.7 Å². The fourth-order valence-electron chi connectivity index (χ4n) is 4.92. The van der Waals surface area contributed by atoms with Gasteiger partial charge in [-0.05, 0) is 66.3 Å². The molecule has 2 N–H and O–H groups in total. The molecule has 5 rings (SSSR count). The van der Waals surface area contributed by atoms with Crippen LogP contribution in [-0.4, -0.2) is 40.9 Å². The highest BCUT2D eigenvalue weighted by molar-refractivity contribution is 7.99. The summed E-state index contributed by atoms with van der Waals surface area (Å²) in [5, 5.41) is 19.6. The molecule has 5 nitrogen and oxygen atoms in total. The lowest BCUT2D eigenvalue weighted by Gasteiger charge is -2.34. The first-order chi connectivity index (χ1) is 17.3. The molecule has 0 radical (unpaired) electrons. The van der Waals surface area contributed by atoms with E-state index in [1.165, 1.54) is 17.8 Å². The van der Waals surface area contributed by atoms with Crippen LogP contribution in [0.1, 0.15) is 43.3 Å². The van der Waals surface area contributed by atoms with E-state index in [4.69, 9.17) is 9.47 Å². The van der Waals surface area contributed by atoms with E-state index in [1.807, 2.05) is 30.3 Å². The molecule has 7 heteroatoms. The van der Waals surface area contributed by atoms with Crippen molar-refractivity contribution in [2.24, 2.45) is 11.8 Å². The fraction of sp³-hybridized carbons (Fsp3) is 0.379. The molecule has 5 atom stereocenters. The van der Waals surface area contributed by atoms with Crippen molar-refractivity contribution in [3.05, 3.63) is 77.6 Å². The van der Waals surface area contributed by atoms with Crippen LogP contribution in [0.3, 0.4) is 0 Å². The highest BCUT2D eigenvalue weighted by atomic mass is 32.2. The molecule has 0 bridgehead atoms. The number of halogens is 1. The number of hydrogen-bond donors (Lipinski definition) is 2. The van der Waals surface area contributed by atoms with Crippen LogP contribution in [0.15, 0.2) is 65.6 Å². The standard InChI is InChI=1S/C29H32FNO4S/c1-17-14-31(15-18(17)2)19(3)16-34-23-9-7-20(8-10-23)27-28(21-5-4-6-22(32)13-21)36-29-25(35-27)12-11-24(33)26(29)30/h4-13,17-19,27-28,32-33H,14-16H2,1-3H3/t17-,18+,19-,27-,28+/m0/s1. The van der Waals surface area contributed by atoms with E-state index in [9.17, 15) is 14.6 Å². The normalized spacial score (nSPS) is 24.7. The molecule has 36 heavy (non-hydrogen) atoms. The van der Waals surface area contributed by atoms with Crippen LogP contribution in [0.2, 0.25) is 0 Å². The number of benzene rings is 3. The SMILES string of the molecule is C[C@@H]1CN([C@@H](C)COc2ccc([C@@H]3Oc4ccc(O)c(F)c4S[C@@H]3c3cccc(O)c3)cc2)C[C@@H]1C. The summed E-state index contributed by atoms with van der Waals surface area (Å²) in [6, 6.07) is 18.0. The number of phenolic OH excluding ortho intramolecular Hbond substituents is 2. The van der Waals surface area contributed by atoms with Gasteiger partial charge in [0.05, 0.1) is 10.1 Å². The minimum Gasteiger partial charge on any atom is -0.508 e. The molecular formula is C29H32FNO4S. The largest absolute Gasteiger partial charge is 0.508 e. The Morgan fingerprint density at radius 1 is 1.03 bits per heavy atom. The Balaban J connectivity index is 1.35. The minimum absolute atomic E-state index is 0.133. The van der Waals surface area contributed by atoms with Gasteiger partial charge in [-0.2, -0.15) is 0 Å². The van der Waals surface area contributed by atoms with Crippen LogP contribution in [0.4, 0.5) is 4.39 Å². The molecule has 190 valence electrons. The Morgan fingerprint density at radius 2 is 1.75 bits per heavy atom. The molecule has 2 heterocycles. The van der Waals surface area contributed by atoms with Crippen molar-refractivity contribution >= 4 is 11.8 Å². The summed E-state index contributed by atoms with van der Waals surface area (Å²) in [5.41, 5.74) is 1.72. The molecular weight excluding hydrogens is 477 g/mol.